The van der Waals surface area contributed by atoms with Gasteiger partial charge in [-0.05, 0) is 69.0 Å². The standard InChI is InChI=1S/C32H35ClN6O2/c1-20-16-24(22-6-8-26(25(33)17-22)38-15-14-35(3)31(38)41)30(40)29(34-20)23-7-9-27-28(18-23)37-13-11-32(19-37)10-5-12-39(32)21(2)36(27)4/h6-9,14-18,21,40H,5,10-13,19H2,1-4H3. The second kappa shape index (κ2) is 9.39. The van der Waals surface area contributed by atoms with E-state index in [1.54, 1.807) is 25.5 Å². The third-order valence-electron chi connectivity index (χ3n) is 9.55. The monoisotopic (exact) mass is 570 g/mol. The van der Waals surface area contributed by atoms with Crippen molar-refractivity contribution in [2.45, 2.75) is 44.8 Å². The molecule has 3 aliphatic heterocycles. The lowest BCUT2D eigenvalue weighted by Crippen LogP contribution is -2.56. The molecular weight excluding hydrogens is 536 g/mol. The summed E-state index contributed by atoms with van der Waals surface area (Å²) in [7, 11) is 3.90. The summed E-state index contributed by atoms with van der Waals surface area (Å²) in [5.41, 5.74) is 6.71. The van der Waals surface area contributed by atoms with Gasteiger partial charge < -0.3 is 19.5 Å². The van der Waals surface area contributed by atoms with Crippen LogP contribution in [0.2, 0.25) is 5.02 Å². The molecule has 2 fully saturated rings. The molecule has 2 atom stereocenters. The Morgan fingerprint density at radius 3 is 2.51 bits per heavy atom. The molecule has 41 heavy (non-hydrogen) atoms. The SMILES string of the molecule is Cc1cc(-c2ccc(-n3ccn(C)c3=O)c(Cl)c2)c(O)c(-c2ccc3c(c2)N2CCC4(CCCN4C(C)N3C)C2)n1. The van der Waals surface area contributed by atoms with Crippen LogP contribution in [0.1, 0.15) is 31.9 Å². The summed E-state index contributed by atoms with van der Waals surface area (Å²) in [6, 6.07) is 13.8. The van der Waals surface area contributed by atoms with E-state index in [0.29, 0.717) is 28.1 Å². The minimum atomic E-state index is -0.173. The van der Waals surface area contributed by atoms with Crippen LogP contribution in [0.3, 0.4) is 0 Å². The summed E-state index contributed by atoms with van der Waals surface area (Å²) in [4.78, 5) is 24.9. The van der Waals surface area contributed by atoms with Gasteiger partial charge in [0.05, 0.1) is 28.3 Å². The number of pyridine rings is 1. The highest BCUT2D eigenvalue weighted by atomic mass is 35.5. The van der Waals surface area contributed by atoms with Crippen LogP contribution in [0.25, 0.3) is 28.1 Å². The van der Waals surface area contributed by atoms with Crippen LogP contribution >= 0.6 is 11.6 Å². The highest BCUT2D eigenvalue weighted by Gasteiger charge is 2.50. The highest BCUT2D eigenvalue weighted by Crippen LogP contribution is 2.48. The Labute approximate surface area is 245 Å². The number of aromatic hydroxyl groups is 1. The predicted molar refractivity (Wildman–Crippen MR) is 164 cm³/mol. The van der Waals surface area contributed by atoms with Gasteiger partial charge in [-0.25, -0.2) is 9.78 Å². The van der Waals surface area contributed by atoms with Crippen LogP contribution in [-0.2, 0) is 7.05 Å². The van der Waals surface area contributed by atoms with Crippen LogP contribution in [0, 0.1) is 6.92 Å². The van der Waals surface area contributed by atoms with Crippen LogP contribution in [-0.4, -0.2) is 62.5 Å². The van der Waals surface area contributed by atoms with E-state index in [9.17, 15) is 9.90 Å². The first kappa shape index (κ1) is 26.2. The lowest BCUT2D eigenvalue weighted by atomic mass is 9.94. The smallest absolute Gasteiger partial charge is 0.332 e. The van der Waals surface area contributed by atoms with Crippen LogP contribution in [0.4, 0.5) is 11.4 Å². The summed E-state index contributed by atoms with van der Waals surface area (Å²) in [6.45, 7) is 7.48. The average Bonchev–Trinajstić information content (AvgIpc) is 3.68. The lowest BCUT2D eigenvalue weighted by molar-refractivity contribution is 0.110. The van der Waals surface area contributed by atoms with E-state index in [0.717, 1.165) is 36.5 Å². The Morgan fingerprint density at radius 1 is 0.976 bits per heavy atom. The maximum atomic E-state index is 12.5. The molecule has 0 saturated carbocycles. The highest BCUT2D eigenvalue weighted by molar-refractivity contribution is 6.32. The maximum absolute atomic E-state index is 12.5. The summed E-state index contributed by atoms with van der Waals surface area (Å²) in [5, 5.41) is 12.0. The molecule has 4 aromatic rings. The van der Waals surface area contributed by atoms with E-state index in [1.165, 1.54) is 39.8 Å². The van der Waals surface area contributed by atoms with Crippen molar-refractivity contribution in [3.8, 4) is 33.8 Å². The fraction of sp³-hybridized carbons (Fsp3) is 0.375. The van der Waals surface area contributed by atoms with Crippen molar-refractivity contribution in [2.75, 3.05) is 36.5 Å². The number of aryl methyl sites for hydroxylation is 2. The molecule has 2 unspecified atom stereocenters. The van der Waals surface area contributed by atoms with Gasteiger partial charge in [-0.2, -0.15) is 0 Å². The zero-order valence-electron chi connectivity index (χ0n) is 23.9. The van der Waals surface area contributed by atoms with E-state index in [2.05, 4.69) is 46.9 Å². The fourth-order valence-corrected chi connectivity index (χ4v) is 7.55. The molecule has 7 rings (SSSR count). The average molecular weight is 571 g/mol. The van der Waals surface area contributed by atoms with E-state index < -0.39 is 0 Å². The third-order valence-corrected chi connectivity index (χ3v) is 9.85. The van der Waals surface area contributed by atoms with Gasteiger partial charge in [0, 0.05) is 68.5 Å². The van der Waals surface area contributed by atoms with Crippen molar-refractivity contribution in [3.05, 3.63) is 76.1 Å². The lowest BCUT2D eigenvalue weighted by Gasteiger charge is -2.46. The molecule has 2 aromatic heterocycles. The number of hydrogen-bond acceptors (Lipinski definition) is 6. The molecule has 212 valence electrons. The second-order valence-electron chi connectivity index (χ2n) is 11.9. The molecule has 0 radical (unpaired) electrons. The van der Waals surface area contributed by atoms with Crippen LogP contribution in [0.5, 0.6) is 5.75 Å². The van der Waals surface area contributed by atoms with Crippen molar-refractivity contribution >= 4 is 23.0 Å². The number of aromatic nitrogens is 3. The number of hydrogen-bond donors (Lipinski definition) is 1. The minimum absolute atomic E-state index is 0.115. The second-order valence-corrected chi connectivity index (χ2v) is 12.3. The normalized spacial score (nSPS) is 22.0. The zero-order chi connectivity index (χ0) is 28.6. The van der Waals surface area contributed by atoms with Gasteiger partial charge in [-0.3, -0.25) is 9.47 Å². The van der Waals surface area contributed by atoms with E-state index in [4.69, 9.17) is 16.6 Å². The largest absolute Gasteiger partial charge is 0.505 e. The van der Waals surface area contributed by atoms with E-state index >= 15 is 0 Å². The third kappa shape index (κ3) is 3.99. The summed E-state index contributed by atoms with van der Waals surface area (Å²) in [5.74, 6) is 0.115. The van der Waals surface area contributed by atoms with Crippen LogP contribution < -0.4 is 15.5 Å². The Morgan fingerprint density at radius 2 is 1.76 bits per heavy atom. The first-order valence-electron chi connectivity index (χ1n) is 14.3. The van der Waals surface area contributed by atoms with Gasteiger partial charge in [-0.15, -0.1) is 0 Å². The summed E-state index contributed by atoms with van der Waals surface area (Å²) < 4.78 is 3.01. The molecule has 9 heteroatoms. The number of rotatable bonds is 3. The van der Waals surface area contributed by atoms with Crippen molar-refractivity contribution in [1.82, 2.24) is 19.0 Å². The first-order chi connectivity index (χ1) is 19.7. The summed E-state index contributed by atoms with van der Waals surface area (Å²) >= 11 is 6.67. The molecule has 2 aromatic carbocycles. The molecular formula is C32H35ClN6O2. The van der Waals surface area contributed by atoms with Gasteiger partial charge in [0.2, 0.25) is 0 Å². The Kier molecular flexibility index (Phi) is 5.99. The van der Waals surface area contributed by atoms with Crippen molar-refractivity contribution in [3.63, 3.8) is 0 Å². The van der Waals surface area contributed by atoms with E-state index in [1.807, 2.05) is 25.1 Å². The Hall–Kier alpha value is -3.75. The summed E-state index contributed by atoms with van der Waals surface area (Å²) in [6.07, 6.45) is 7.40. The molecule has 1 N–H and O–H groups in total. The van der Waals surface area contributed by atoms with Gasteiger partial charge in [0.15, 0.2) is 0 Å². The molecule has 2 saturated heterocycles. The van der Waals surface area contributed by atoms with E-state index in [-0.39, 0.29) is 17.0 Å². The molecule has 1 spiro atoms. The predicted octanol–water partition coefficient (Wildman–Crippen LogP) is 5.41. The topological polar surface area (TPSA) is 69.8 Å². The molecule has 0 amide bonds. The number of nitrogens with zero attached hydrogens (tertiary/aromatic N) is 6. The van der Waals surface area contributed by atoms with Gasteiger partial charge in [-0.1, -0.05) is 23.7 Å². The number of anilines is 2. The molecule has 0 aliphatic carbocycles. The van der Waals surface area contributed by atoms with Crippen molar-refractivity contribution in [2.24, 2.45) is 7.05 Å². The fourth-order valence-electron chi connectivity index (χ4n) is 7.28. The van der Waals surface area contributed by atoms with Gasteiger partial charge in [0.25, 0.3) is 0 Å². The van der Waals surface area contributed by atoms with Crippen molar-refractivity contribution < 1.29 is 5.11 Å². The van der Waals surface area contributed by atoms with Gasteiger partial charge >= 0.3 is 5.69 Å². The Bertz CT molecular complexity index is 1740. The zero-order valence-corrected chi connectivity index (χ0v) is 24.7. The number of halogens is 1. The quantitative estimate of drug-likeness (QED) is 0.355. The molecule has 8 nitrogen and oxygen atoms in total. The number of benzene rings is 2. The molecule has 2 bridgehead atoms. The van der Waals surface area contributed by atoms with Crippen molar-refractivity contribution in [1.29, 1.82) is 0 Å². The Balaban J connectivity index is 1.30. The van der Waals surface area contributed by atoms with Gasteiger partial charge in [0.1, 0.15) is 11.4 Å². The molecule has 3 aliphatic rings. The van der Waals surface area contributed by atoms with Crippen LogP contribution in [0.15, 0.2) is 59.7 Å². The minimum Gasteiger partial charge on any atom is -0.505 e. The molecule has 5 heterocycles. The first-order valence-corrected chi connectivity index (χ1v) is 14.7. The number of fused-ring (bicyclic) bond motifs is 3. The number of imidazole rings is 1. The maximum Gasteiger partial charge on any atom is 0.332 e.